The molecule has 1 N–H and O–H groups in total. The highest BCUT2D eigenvalue weighted by Gasteiger charge is 2.11. The summed E-state index contributed by atoms with van der Waals surface area (Å²) in [4.78, 5) is 25.2. The molecule has 0 aliphatic rings. The van der Waals surface area contributed by atoms with Gasteiger partial charge in [-0.25, -0.2) is 0 Å². The molecule has 4 heteroatoms. The molecule has 0 radical (unpaired) electrons. The predicted molar refractivity (Wildman–Crippen MR) is 72.9 cm³/mol. The Morgan fingerprint density at radius 1 is 1.28 bits per heavy atom. The van der Waals surface area contributed by atoms with Crippen LogP contribution in [0, 0.1) is 5.92 Å². The number of benzene rings is 1. The van der Waals surface area contributed by atoms with Crippen molar-refractivity contribution in [3.8, 4) is 0 Å². The predicted octanol–water partition coefficient (Wildman–Crippen LogP) is 1.71. The second kappa shape index (κ2) is 6.19. The Morgan fingerprint density at radius 2 is 1.94 bits per heavy atom. The van der Waals surface area contributed by atoms with Crippen molar-refractivity contribution in [2.75, 3.05) is 25.5 Å². The third kappa shape index (κ3) is 3.87. The van der Waals surface area contributed by atoms with Gasteiger partial charge in [-0.1, -0.05) is 26.0 Å². The molecule has 0 bridgehead atoms. The van der Waals surface area contributed by atoms with Crippen molar-refractivity contribution in [1.29, 1.82) is 0 Å². The second-order valence-electron chi connectivity index (χ2n) is 4.74. The van der Waals surface area contributed by atoms with Gasteiger partial charge < -0.3 is 10.2 Å². The van der Waals surface area contributed by atoms with Gasteiger partial charge in [0.15, 0.2) is 5.78 Å². The topological polar surface area (TPSA) is 49.4 Å². The zero-order chi connectivity index (χ0) is 13.7. The highest BCUT2D eigenvalue weighted by molar-refractivity contribution is 6.00. The van der Waals surface area contributed by atoms with Crippen molar-refractivity contribution in [1.82, 2.24) is 5.32 Å². The smallest absolute Gasteiger partial charge is 0.222 e. The van der Waals surface area contributed by atoms with Gasteiger partial charge in [-0.3, -0.25) is 9.59 Å². The molecule has 0 aliphatic carbocycles. The molecule has 0 fully saturated rings. The van der Waals surface area contributed by atoms with Crippen LogP contribution >= 0.6 is 0 Å². The van der Waals surface area contributed by atoms with Crippen LogP contribution in [0.1, 0.15) is 24.2 Å². The van der Waals surface area contributed by atoms with Crippen LogP contribution in [0.4, 0.5) is 5.69 Å². The number of hydrogen-bond donors (Lipinski definition) is 1. The van der Waals surface area contributed by atoms with Crippen molar-refractivity contribution < 1.29 is 9.59 Å². The molecule has 0 aliphatic heterocycles. The van der Waals surface area contributed by atoms with E-state index in [0.717, 1.165) is 5.69 Å². The zero-order valence-electron chi connectivity index (χ0n) is 11.4. The lowest BCUT2D eigenvalue weighted by atomic mass is 10.1. The Balaban J connectivity index is 2.67. The van der Waals surface area contributed by atoms with Crippen molar-refractivity contribution in [3.05, 3.63) is 29.8 Å². The number of carbonyl (C=O) groups excluding carboxylic acids is 2. The molecule has 0 saturated heterocycles. The fourth-order valence-corrected chi connectivity index (χ4v) is 1.43. The van der Waals surface area contributed by atoms with E-state index in [9.17, 15) is 9.59 Å². The van der Waals surface area contributed by atoms with Gasteiger partial charge in [-0.05, 0) is 12.1 Å². The maximum atomic E-state index is 11.9. The third-order valence-corrected chi connectivity index (χ3v) is 2.63. The standard InChI is InChI=1S/C14H20N2O2/c1-10(2)14(18)15-9-13(17)11-6-5-7-12(8-11)16(3)4/h5-8,10H,9H2,1-4H3,(H,15,18). The maximum Gasteiger partial charge on any atom is 0.222 e. The van der Waals surface area contributed by atoms with E-state index in [2.05, 4.69) is 5.32 Å². The Bertz CT molecular complexity index is 439. The van der Waals surface area contributed by atoms with Gasteiger partial charge in [0.2, 0.25) is 5.91 Å². The highest BCUT2D eigenvalue weighted by Crippen LogP contribution is 2.13. The van der Waals surface area contributed by atoms with Crippen LogP contribution in [0.25, 0.3) is 0 Å². The molecule has 0 saturated carbocycles. The van der Waals surface area contributed by atoms with Crippen LogP contribution < -0.4 is 10.2 Å². The molecule has 1 amide bonds. The van der Waals surface area contributed by atoms with Gasteiger partial charge in [0.05, 0.1) is 6.54 Å². The number of carbonyl (C=O) groups is 2. The molecule has 0 heterocycles. The fraction of sp³-hybridized carbons (Fsp3) is 0.429. The van der Waals surface area contributed by atoms with E-state index >= 15 is 0 Å². The first kappa shape index (κ1) is 14.2. The van der Waals surface area contributed by atoms with Crippen molar-refractivity contribution in [3.63, 3.8) is 0 Å². The zero-order valence-corrected chi connectivity index (χ0v) is 11.4. The molecule has 1 rings (SSSR count). The number of Topliss-reactive ketones (excluding diaryl/α,β-unsaturated/α-hetero) is 1. The average molecular weight is 248 g/mol. The minimum Gasteiger partial charge on any atom is -0.378 e. The number of anilines is 1. The van der Waals surface area contributed by atoms with Gasteiger partial charge in [0.25, 0.3) is 0 Å². The largest absolute Gasteiger partial charge is 0.378 e. The number of rotatable bonds is 5. The monoisotopic (exact) mass is 248 g/mol. The van der Waals surface area contributed by atoms with Gasteiger partial charge in [0.1, 0.15) is 0 Å². The Hall–Kier alpha value is -1.84. The van der Waals surface area contributed by atoms with E-state index in [1.54, 1.807) is 19.9 Å². The fourth-order valence-electron chi connectivity index (χ4n) is 1.43. The third-order valence-electron chi connectivity index (χ3n) is 2.63. The van der Waals surface area contributed by atoms with Crippen LogP contribution in [0.2, 0.25) is 0 Å². The first-order valence-electron chi connectivity index (χ1n) is 6.00. The summed E-state index contributed by atoms with van der Waals surface area (Å²) in [5.74, 6) is -0.286. The normalized spacial score (nSPS) is 10.3. The first-order chi connectivity index (χ1) is 8.41. The molecular formula is C14H20N2O2. The minimum absolute atomic E-state index is 0.0495. The molecule has 98 valence electrons. The van der Waals surface area contributed by atoms with Crippen LogP contribution in [0.15, 0.2) is 24.3 Å². The van der Waals surface area contributed by atoms with Crippen LogP contribution in [0.5, 0.6) is 0 Å². The van der Waals surface area contributed by atoms with E-state index in [-0.39, 0.29) is 24.2 Å². The SMILES string of the molecule is CC(C)C(=O)NCC(=O)c1cccc(N(C)C)c1. The van der Waals surface area contributed by atoms with E-state index in [1.807, 2.05) is 37.2 Å². The molecular weight excluding hydrogens is 228 g/mol. The molecule has 18 heavy (non-hydrogen) atoms. The van der Waals surface area contributed by atoms with E-state index in [4.69, 9.17) is 0 Å². The van der Waals surface area contributed by atoms with Crippen LogP contribution in [-0.2, 0) is 4.79 Å². The molecule has 4 nitrogen and oxygen atoms in total. The molecule has 0 atom stereocenters. The Labute approximate surface area is 108 Å². The highest BCUT2D eigenvalue weighted by atomic mass is 16.2. The summed E-state index contributed by atoms with van der Waals surface area (Å²) in [5, 5.41) is 2.63. The van der Waals surface area contributed by atoms with E-state index in [0.29, 0.717) is 5.56 Å². The van der Waals surface area contributed by atoms with Gasteiger partial charge in [-0.2, -0.15) is 0 Å². The summed E-state index contributed by atoms with van der Waals surface area (Å²) in [6, 6.07) is 7.36. The molecule has 0 spiro atoms. The van der Waals surface area contributed by atoms with Crippen molar-refractivity contribution in [2.45, 2.75) is 13.8 Å². The van der Waals surface area contributed by atoms with Gasteiger partial charge in [0, 0.05) is 31.3 Å². The Morgan fingerprint density at radius 3 is 2.50 bits per heavy atom. The lowest BCUT2D eigenvalue weighted by molar-refractivity contribution is -0.123. The average Bonchev–Trinajstić information content (AvgIpc) is 2.35. The number of nitrogens with one attached hydrogen (secondary N) is 1. The summed E-state index contributed by atoms with van der Waals surface area (Å²) in [6.45, 7) is 3.65. The van der Waals surface area contributed by atoms with Gasteiger partial charge >= 0.3 is 0 Å². The summed E-state index contributed by atoms with van der Waals surface area (Å²) in [7, 11) is 3.84. The molecule has 0 unspecified atom stereocenters. The van der Waals surface area contributed by atoms with Gasteiger partial charge in [-0.15, -0.1) is 0 Å². The van der Waals surface area contributed by atoms with Crippen molar-refractivity contribution >= 4 is 17.4 Å². The Kier molecular flexibility index (Phi) is 4.89. The van der Waals surface area contributed by atoms with E-state index in [1.165, 1.54) is 0 Å². The lowest BCUT2D eigenvalue weighted by Crippen LogP contribution is -2.32. The lowest BCUT2D eigenvalue weighted by Gasteiger charge is -2.13. The number of nitrogens with zero attached hydrogens (tertiary/aromatic N) is 1. The summed E-state index contributed by atoms with van der Waals surface area (Å²) >= 11 is 0. The molecule has 0 aromatic heterocycles. The number of ketones is 1. The second-order valence-corrected chi connectivity index (χ2v) is 4.74. The van der Waals surface area contributed by atoms with E-state index < -0.39 is 0 Å². The number of amides is 1. The summed E-state index contributed by atoms with van der Waals surface area (Å²) < 4.78 is 0. The number of hydrogen-bond acceptors (Lipinski definition) is 3. The minimum atomic E-state index is -0.106. The maximum absolute atomic E-state index is 11.9. The van der Waals surface area contributed by atoms with Crippen molar-refractivity contribution in [2.24, 2.45) is 5.92 Å². The quantitative estimate of drug-likeness (QED) is 0.807. The molecule has 1 aromatic carbocycles. The molecule has 1 aromatic rings. The van der Waals surface area contributed by atoms with Crippen LogP contribution in [0.3, 0.4) is 0 Å². The summed E-state index contributed by atoms with van der Waals surface area (Å²) in [6.07, 6.45) is 0. The first-order valence-corrected chi connectivity index (χ1v) is 6.00. The van der Waals surface area contributed by atoms with Crippen LogP contribution in [-0.4, -0.2) is 32.3 Å². The summed E-state index contributed by atoms with van der Waals surface area (Å²) in [5.41, 5.74) is 1.58.